The van der Waals surface area contributed by atoms with Crippen molar-refractivity contribution in [3.63, 3.8) is 0 Å². The summed E-state index contributed by atoms with van der Waals surface area (Å²) in [5.74, 6) is -1.20. The molecule has 3 aromatic rings. The van der Waals surface area contributed by atoms with Crippen LogP contribution in [0.4, 0.5) is 32.0 Å². The highest BCUT2D eigenvalue weighted by atomic mass is 32.1. The smallest absolute Gasteiger partial charge is 0.406 e. The molecular weight excluding hydrogens is 612 g/mol. The Bertz CT molecular complexity index is 1370. The lowest BCUT2D eigenvalue weighted by molar-refractivity contribution is -0.275. The van der Waals surface area contributed by atoms with Gasteiger partial charge in [-0.2, -0.15) is 0 Å². The number of nitrogens with one attached hydrogen (secondary N) is 3. The number of ether oxygens (including phenoxy) is 2. The minimum Gasteiger partial charge on any atom is -0.406 e. The van der Waals surface area contributed by atoms with Crippen LogP contribution in [0.5, 0.6) is 11.5 Å². The molecule has 1 aliphatic carbocycles. The average molecular weight is 644 g/mol. The number of amides is 2. The van der Waals surface area contributed by atoms with Crippen molar-refractivity contribution >= 4 is 28.8 Å². The molecule has 0 spiro atoms. The van der Waals surface area contributed by atoms with E-state index in [2.05, 4.69) is 25.4 Å². The second-order valence-corrected chi connectivity index (χ2v) is 11.4. The zero-order valence-corrected chi connectivity index (χ0v) is 24.2. The molecule has 2 aromatic carbocycles. The Hall–Kier alpha value is -3.94. The highest BCUT2D eigenvalue weighted by molar-refractivity contribution is 7.17. The Morgan fingerprint density at radius 2 is 1.39 bits per heavy atom. The summed E-state index contributed by atoms with van der Waals surface area (Å²) in [6.45, 7) is 0.490. The summed E-state index contributed by atoms with van der Waals surface area (Å²) in [6, 6.07) is 13.0. The van der Waals surface area contributed by atoms with Crippen molar-refractivity contribution in [2.75, 3.05) is 18.4 Å². The van der Waals surface area contributed by atoms with E-state index in [1.165, 1.54) is 48.5 Å². The quantitative estimate of drug-likeness (QED) is 0.141. The third kappa shape index (κ3) is 10.6. The first-order valence-electron chi connectivity index (χ1n) is 14.0. The largest absolute Gasteiger partial charge is 0.573 e. The second kappa shape index (κ2) is 14.7. The number of halogens is 6. The van der Waals surface area contributed by atoms with Crippen LogP contribution in [0.25, 0.3) is 10.4 Å². The van der Waals surface area contributed by atoms with Gasteiger partial charge in [0.15, 0.2) is 0 Å². The van der Waals surface area contributed by atoms with Gasteiger partial charge in [-0.3, -0.25) is 9.59 Å². The van der Waals surface area contributed by atoms with Crippen molar-refractivity contribution in [1.82, 2.24) is 10.6 Å². The van der Waals surface area contributed by atoms with Gasteiger partial charge >= 0.3 is 12.7 Å². The normalized spacial score (nSPS) is 14.9. The molecule has 0 bridgehead atoms. The first kappa shape index (κ1) is 33.0. The van der Waals surface area contributed by atoms with Crippen LogP contribution in [-0.2, 0) is 4.79 Å². The first-order valence-corrected chi connectivity index (χ1v) is 14.8. The molecule has 1 fully saturated rings. The number of hydrogen-bond acceptors (Lipinski definition) is 6. The van der Waals surface area contributed by atoms with Crippen LogP contribution in [0.2, 0.25) is 0 Å². The number of thiophene rings is 1. The van der Waals surface area contributed by atoms with Crippen LogP contribution in [0.3, 0.4) is 0 Å². The van der Waals surface area contributed by atoms with Crippen LogP contribution >= 0.6 is 11.3 Å². The van der Waals surface area contributed by atoms with Crippen molar-refractivity contribution < 1.29 is 45.4 Å². The molecule has 1 aromatic heterocycles. The zero-order valence-electron chi connectivity index (χ0n) is 23.4. The number of carbonyl (C=O) groups is 2. The van der Waals surface area contributed by atoms with E-state index in [0.29, 0.717) is 27.4 Å². The standard InChI is InChI=1S/C30H31F6N3O4S/c31-29(32,33)42-22-10-6-20(7-11-22)25-14-15-26(44-25)28(41)39-24(18-19-4-2-1-3-5-19)27(40)38-17-16-37-21-8-12-23(13-9-21)43-30(34,35)36/h6-15,19,24,37H,1-5,16-18H2,(H,38,40)(H,39,41)/t24-/m0/s1. The van der Waals surface area contributed by atoms with Crippen LogP contribution in [0, 0.1) is 5.92 Å². The Labute approximate surface area is 253 Å². The van der Waals surface area contributed by atoms with Crippen molar-refractivity contribution in [3.8, 4) is 21.9 Å². The summed E-state index contributed by atoms with van der Waals surface area (Å²) in [5.41, 5.74) is 1.15. The van der Waals surface area contributed by atoms with Crippen molar-refractivity contribution in [3.05, 3.63) is 65.5 Å². The maximum atomic E-state index is 13.2. The van der Waals surface area contributed by atoms with Gasteiger partial charge in [0.05, 0.1) is 4.88 Å². The Morgan fingerprint density at radius 3 is 1.98 bits per heavy atom. The summed E-state index contributed by atoms with van der Waals surface area (Å²) in [4.78, 5) is 27.3. The summed E-state index contributed by atoms with van der Waals surface area (Å²) in [6.07, 6.45) is -3.91. The number of alkyl halides is 6. The van der Waals surface area contributed by atoms with Gasteiger partial charge in [-0.1, -0.05) is 32.1 Å². The molecule has 1 aliphatic rings. The van der Waals surface area contributed by atoms with Gasteiger partial charge in [0.25, 0.3) is 5.91 Å². The molecule has 0 unspecified atom stereocenters. The van der Waals surface area contributed by atoms with Crippen LogP contribution < -0.4 is 25.4 Å². The van der Waals surface area contributed by atoms with Gasteiger partial charge in [-0.05, 0) is 78.6 Å². The van der Waals surface area contributed by atoms with Crippen LogP contribution in [0.15, 0.2) is 60.7 Å². The molecule has 238 valence electrons. The van der Waals surface area contributed by atoms with E-state index in [9.17, 15) is 35.9 Å². The highest BCUT2D eigenvalue weighted by Crippen LogP contribution is 2.32. The SMILES string of the molecule is O=C(N[C@@H](CC1CCCCC1)C(=O)NCCNc1ccc(OC(F)(F)F)cc1)c1ccc(-c2ccc(OC(F)(F)F)cc2)s1. The molecule has 2 amide bonds. The molecule has 1 atom stereocenters. The van der Waals surface area contributed by atoms with Crippen LogP contribution in [0.1, 0.15) is 48.2 Å². The molecule has 0 aliphatic heterocycles. The minimum absolute atomic E-state index is 0.202. The third-order valence-corrected chi connectivity index (χ3v) is 8.09. The van der Waals surface area contributed by atoms with Gasteiger partial charge in [-0.25, -0.2) is 0 Å². The fourth-order valence-corrected chi connectivity index (χ4v) is 5.86. The molecule has 1 heterocycles. The maximum Gasteiger partial charge on any atom is 0.573 e. The molecule has 0 radical (unpaired) electrons. The first-order chi connectivity index (χ1) is 20.8. The summed E-state index contributed by atoms with van der Waals surface area (Å²) in [7, 11) is 0. The van der Waals surface area contributed by atoms with Gasteiger partial charge in [0.1, 0.15) is 17.5 Å². The monoisotopic (exact) mass is 643 g/mol. The zero-order chi connectivity index (χ0) is 31.7. The van der Waals surface area contributed by atoms with Gasteiger partial charge in [0, 0.05) is 23.7 Å². The summed E-state index contributed by atoms with van der Waals surface area (Å²) in [5, 5.41) is 8.68. The second-order valence-electron chi connectivity index (χ2n) is 10.3. The van der Waals surface area contributed by atoms with Crippen molar-refractivity contribution in [1.29, 1.82) is 0 Å². The highest BCUT2D eigenvalue weighted by Gasteiger charge is 2.32. The van der Waals surface area contributed by atoms with E-state index in [1.54, 1.807) is 12.1 Å². The van der Waals surface area contributed by atoms with E-state index in [1.807, 2.05) is 0 Å². The number of carbonyl (C=O) groups excluding carboxylic acids is 2. The Balaban J connectivity index is 1.33. The van der Waals surface area contributed by atoms with Gasteiger partial charge < -0.3 is 25.4 Å². The average Bonchev–Trinajstić information content (AvgIpc) is 3.46. The number of benzene rings is 2. The molecule has 3 N–H and O–H groups in total. The molecular formula is C30H31F6N3O4S. The molecule has 1 saturated carbocycles. The Morgan fingerprint density at radius 1 is 0.795 bits per heavy atom. The molecule has 7 nitrogen and oxygen atoms in total. The summed E-state index contributed by atoms with van der Waals surface area (Å²) >= 11 is 1.15. The lowest BCUT2D eigenvalue weighted by Gasteiger charge is -2.26. The van der Waals surface area contributed by atoms with Crippen LogP contribution in [-0.4, -0.2) is 43.7 Å². The predicted molar refractivity (Wildman–Crippen MR) is 154 cm³/mol. The lowest BCUT2D eigenvalue weighted by atomic mass is 9.84. The minimum atomic E-state index is -4.79. The number of rotatable bonds is 12. The molecule has 4 rings (SSSR count). The van der Waals surface area contributed by atoms with E-state index in [0.717, 1.165) is 43.4 Å². The van der Waals surface area contributed by atoms with E-state index < -0.39 is 24.7 Å². The third-order valence-electron chi connectivity index (χ3n) is 6.96. The number of hydrogen-bond donors (Lipinski definition) is 3. The summed E-state index contributed by atoms with van der Waals surface area (Å²) < 4.78 is 82.1. The van der Waals surface area contributed by atoms with E-state index >= 15 is 0 Å². The van der Waals surface area contributed by atoms with Gasteiger partial charge in [-0.15, -0.1) is 37.7 Å². The maximum absolute atomic E-state index is 13.2. The molecule has 0 saturated heterocycles. The van der Waals surface area contributed by atoms with E-state index in [-0.39, 0.29) is 36.4 Å². The number of anilines is 1. The van der Waals surface area contributed by atoms with Gasteiger partial charge in [0.2, 0.25) is 5.91 Å². The fraction of sp³-hybridized carbons (Fsp3) is 0.400. The van der Waals surface area contributed by atoms with Crippen molar-refractivity contribution in [2.45, 2.75) is 57.3 Å². The topological polar surface area (TPSA) is 88.7 Å². The molecule has 14 heteroatoms. The molecule has 44 heavy (non-hydrogen) atoms. The van der Waals surface area contributed by atoms with E-state index in [4.69, 9.17) is 0 Å². The Kier molecular flexibility index (Phi) is 11.0. The van der Waals surface area contributed by atoms with Crippen molar-refractivity contribution in [2.24, 2.45) is 5.92 Å². The fourth-order valence-electron chi connectivity index (χ4n) is 4.94. The predicted octanol–water partition coefficient (Wildman–Crippen LogP) is 7.51. The lowest BCUT2D eigenvalue weighted by Crippen LogP contribution is -2.48.